The van der Waals surface area contributed by atoms with E-state index in [2.05, 4.69) is 29.3 Å². The van der Waals surface area contributed by atoms with Gasteiger partial charge in [0.05, 0.1) is 0 Å². The fourth-order valence-electron chi connectivity index (χ4n) is 0.491. The van der Waals surface area contributed by atoms with Crippen molar-refractivity contribution in [1.82, 2.24) is 20.3 Å². The molecule has 0 aliphatic carbocycles. The molecule has 2 heterocycles. The lowest BCUT2D eigenvalue weighted by Gasteiger charge is -1.81. The predicted molar refractivity (Wildman–Crippen MR) is 32.7 cm³/mol. The van der Waals surface area contributed by atoms with E-state index in [4.69, 9.17) is 0 Å². The van der Waals surface area contributed by atoms with Crippen molar-refractivity contribution in [3.05, 3.63) is 12.7 Å². The molecule has 2 aromatic heterocycles. The molecule has 0 radical (unpaired) electrons. The highest BCUT2D eigenvalue weighted by Crippen LogP contribution is 2.21. The summed E-state index contributed by atoms with van der Waals surface area (Å²) < 4.78 is 9.36. The van der Waals surface area contributed by atoms with Crippen LogP contribution in [0.3, 0.4) is 0 Å². The third-order valence-electron chi connectivity index (χ3n) is 0.857. The Morgan fingerprint density at radius 3 is 1.91 bits per heavy atom. The summed E-state index contributed by atoms with van der Waals surface area (Å²) in [7, 11) is 0. The van der Waals surface area contributed by atoms with Gasteiger partial charge in [-0.1, -0.05) is 10.3 Å². The number of rotatable bonds is 2. The molecule has 6 nitrogen and oxygen atoms in total. The first-order valence-electron chi connectivity index (χ1n) is 2.66. The average Bonchev–Trinajstić information content (AvgIpc) is 2.60. The molecule has 11 heavy (non-hydrogen) atoms. The van der Waals surface area contributed by atoms with E-state index in [-0.39, 0.29) is 0 Å². The van der Waals surface area contributed by atoms with Crippen LogP contribution in [-0.2, 0) is 0 Å². The Labute approximate surface area is 65.0 Å². The maximum absolute atomic E-state index is 4.68. The van der Waals surface area contributed by atoms with E-state index in [1.807, 2.05) is 0 Å². The van der Waals surface area contributed by atoms with Gasteiger partial charge in [-0.2, -0.15) is 9.97 Å². The second-order valence-electron chi connectivity index (χ2n) is 1.52. The second kappa shape index (κ2) is 2.70. The van der Waals surface area contributed by atoms with Crippen LogP contribution in [0.4, 0.5) is 0 Å². The average molecular weight is 170 g/mol. The van der Waals surface area contributed by atoms with Gasteiger partial charge < -0.3 is 9.05 Å². The van der Waals surface area contributed by atoms with Crippen LogP contribution < -0.4 is 0 Å². The van der Waals surface area contributed by atoms with E-state index in [0.29, 0.717) is 10.4 Å². The number of hydrogen-bond acceptors (Lipinski definition) is 7. The molecule has 56 valence electrons. The summed E-state index contributed by atoms with van der Waals surface area (Å²) in [6.07, 6.45) is 2.61. The van der Waals surface area contributed by atoms with Crippen LogP contribution in [0.2, 0.25) is 0 Å². The Bertz CT molecular complexity index is 272. The van der Waals surface area contributed by atoms with Crippen molar-refractivity contribution in [2.45, 2.75) is 10.4 Å². The predicted octanol–water partition coefficient (Wildman–Crippen LogP) is 0.604. The molecule has 0 spiro atoms. The molecule has 0 aliphatic rings. The highest BCUT2D eigenvalue weighted by atomic mass is 32.2. The first-order chi connectivity index (χ1) is 5.45. The van der Waals surface area contributed by atoms with Crippen molar-refractivity contribution in [2.24, 2.45) is 0 Å². The molecule has 0 atom stereocenters. The molecule has 2 aromatic rings. The maximum Gasteiger partial charge on any atom is 0.294 e. The fourth-order valence-corrected chi connectivity index (χ4v) is 1.00. The van der Waals surface area contributed by atoms with Gasteiger partial charge in [0.2, 0.25) is 0 Å². The Morgan fingerprint density at radius 2 is 1.55 bits per heavy atom. The van der Waals surface area contributed by atoms with E-state index in [1.54, 1.807) is 0 Å². The second-order valence-corrected chi connectivity index (χ2v) is 2.42. The summed E-state index contributed by atoms with van der Waals surface area (Å²) in [5.41, 5.74) is 0. The van der Waals surface area contributed by atoms with Crippen molar-refractivity contribution < 1.29 is 9.05 Å². The molecule has 0 saturated heterocycles. The van der Waals surface area contributed by atoms with Gasteiger partial charge in [-0.05, 0) is 0 Å². The topological polar surface area (TPSA) is 77.8 Å². The summed E-state index contributed by atoms with van der Waals surface area (Å²) in [5, 5.41) is 7.58. The Balaban J connectivity index is 2.14. The zero-order chi connectivity index (χ0) is 7.52. The third-order valence-corrected chi connectivity index (χ3v) is 1.57. The lowest BCUT2D eigenvalue weighted by Crippen LogP contribution is -1.69. The quantitative estimate of drug-likeness (QED) is 0.653. The standard InChI is InChI=1S/C4H2N4O2S/c1-5-3(9-7-1)11-4-6-2-8-10-4/h1-2H. The zero-order valence-corrected chi connectivity index (χ0v) is 5.98. The van der Waals surface area contributed by atoms with Crippen molar-refractivity contribution in [2.75, 3.05) is 0 Å². The first kappa shape index (κ1) is 6.35. The molecule has 0 amide bonds. The molecule has 0 aromatic carbocycles. The minimum absolute atomic E-state index is 0.384. The third kappa shape index (κ3) is 1.37. The van der Waals surface area contributed by atoms with Crippen LogP contribution in [0.25, 0.3) is 0 Å². The zero-order valence-electron chi connectivity index (χ0n) is 5.17. The lowest BCUT2D eigenvalue weighted by molar-refractivity contribution is 0.323. The van der Waals surface area contributed by atoms with Gasteiger partial charge in [0.15, 0.2) is 12.7 Å². The van der Waals surface area contributed by atoms with Gasteiger partial charge in [-0.15, -0.1) is 0 Å². The molecule has 0 bridgehead atoms. The maximum atomic E-state index is 4.68. The van der Waals surface area contributed by atoms with Crippen LogP contribution >= 0.6 is 11.8 Å². The van der Waals surface area contributed by atoms with E-state index in [1.165, 1.54) is 12.7 Å². The number of nitrogens with zero attached hydrogens (tertiary/aromatic N) is 4. The summed E-state index contributed by atoms with van der Waals surface area (Å²) in [4.78, 5) is 7.50. The molecule has 2 rings (SSSR count). The summed E-state index contributed by atoms with van der Waals surface area (Å²) in [6, 6.07) is 0. The molecule has 0 fully saturated rings. The van der Waals surface area contributed by atoms with E-state index in [0.717, 1.165) is 11.8 Å². The van der Waals surface area contributed by atoms with E-state index in [9.17, 15) is 0 Å². The Kier molecular flexibility index (Phi) is 1.56. The molecule has 0 unspecified atom stereocenters. The fraction of sp³-hybridized carbons (Fsp3) is 0. The summed E-state index contributed by atoms with van der Waals surface area (Å²) in [6.45, 7) is 0. The van der Waals surface area contributed by atoms with Crippen LogP contribution in [0, 0.1) is 0 Å². The van der Waals surface area contributed by atoms with Gasteiger partial charge >= 0.3 is 0 Å². The summed E-state index contributed by atoms with van der Waals surface area (Å²) in [5.74, 6) is 0. The smallest absolute Gasteiger partial charge is 0.294 e. The Hall–Kier alpha value is -1.37. The van der Waals surface area contributed by atoms with Crippen molar-refractivity contribution >= 4 is 11.8 Å². The van der Waals surface area contributed by atoms with Crippen molar-refractivity contribution in [1.29, 1.82) is 0 Å². The molecule has 0 N–H and O–H groups in total. The van der Waals surface area contributed by atoms with Gasteiger partial charge in [0.1, 0.15) is 0 Å². The van der Waals surface area contributed by atoms with E-state index < -0.39 is 0 Å². The van der Waals surface area contributed by atoms with Gasteiger partial charge in [0, 0.05) is 11.8 Å². The van der Waals surface area contributed by atoms with Gasteiger partial charge in [-0.3, -0.25) is 0 Å². The highest BCUT2D eigenvalue weighted by molar-refractivity contribution is 7.98. The first-order valence-corrected chi connectivity index (χ1v) is 3.48. The van der Waals surface area contributed by atoms with Gasteiger partial charge in [-0.25, -0.2) is 0 Å². The number of aromatic nitrogens is 4. The summed E-state index contributed by atoms with van der Waals surface area (Å²) >= 11 is 1.12. The van der Waals surface area contributed by atoms with Crippen molar-refractivity contribution in [3.8, 4) is 0 Å². The van der Waals surface area contributed by atoms with Gasteiger partial charge in [0.25, 0.3) is 10.4 Å². The normalized spacial score (nSPS) is 10.2. The van der Waals surface area contributed by atoms with E-state index >= 15 is 0 Å². The minimum Gasteiger partial charge on any atom is -0.327 e. The molecule has 0 aliphatic heterocycles. The minimum atomic E-state index is 0.384. The molecular formula is C4H2N4O2S. The monoisotopic (exact) mass is 170 g/mol. The van der Waals surface area contributed by atoms with Crippen LogP contribution in [-0.4, -0.2) is 20.3 Å². The lowest BCUT2D eigenvalue weighted by atomic mass is 11.3. The largest absolute Gasteiger partial charge is 0.327 e. The molecular weight excluding hydrogens is 168 g/mol. The van der Waals surface area contributed by atoms with Crippen LogP contribution in [0.15, 0.2) is 32.1 Å². The highest BCUT2D eigenvalue weighted by Gasteiger charge is 2.06. The Morgan fingerprint density at radius 1 is 1.00 bits per heavy atom. The number of hydrogen-bond donors (Lipinski definition) is 0. The SMILES string of the molecule is c1noc(Sc2ncno2)n1. The van der Waals surface area contributed by atoms with Crippen LogP contribution in [0.1, 0.15) is 0 Å². The van der Waals surface area contributed by atoms with Crippen LogP contribution in [0.5, 0.6) is 0 Å². The van der Waals surface area contributed by atoms with Crippen molar-refractivity contribution in [3.63, 3.8) is 0 Å². The molecule has 0 saturated carbocycles. The molecule has 7 heteroatoms.